The van der Waals surface area contributed by atoms with Crippen LogP contribution in [0.5, 0.6) is 11.5 Å². The minimum atomic E-state index is 0.374. The number of aliphatic imine (C=N–C) groups is 1. The molecule has 2 N–H and O–H groups in total. The molecule has 7 heteroatoms. The van der Waals surface area contributed by atoms with Crippen LogP contribution in [0.15, 0.2) is 23.2 Å². The third-order valence-corrected chi connectivity index (χ3v) is 5.62. The van der Waals surface area contributed by atoms with E-state index in [9.17, 15) is 0 Å². The number of anilines is 1. The summed E-state index contributed by atoms with van der Waals surface area (Å²) in [5.41, 5.74) is 1.13. The zero-order valence-corrected chi connectivity index (χ0v) is 17.5. The Labute approximate surface area is 169 Å². The Balaban J connectivity index is 1.47. The monoisotopic (exact) mass is 389 g/mol. The summed E-state index contributed by atoms with van der Waals surface area (Å²) in [6.45, 7) is 6.41. The van der Waals surface area contributed by atoms with Gasteiger partial charge in [0, 0.05) is 63.2 Å². The van der Waals surface area contributed by atoms with E-state index in [0.29, 0.717) is 6.04 Å². The van der Waals surface area contributed by atoms with Gasteiger partial charge < -0.3 is 29.9 Å². The van der Waals surface area contributed by atoms with E-state index in [2.05, 4.69) is 37.6 Å². The third-order valence-electron chi connectivity index (χ3n) is 5.62. The molecule has 0 amide bonds. The second kappa shape index (κ2) is 10.4. The van der Waals surface area contributed by atoms with E-state index in [1.807, 2.05) is 13.1 Å². The van der Waals surface area contributed by atoms with Crippen LogP contribution >= 0.6 is 0 Å². The summed E-state index contributed by atoms with van der Waals surface area (Å²) in [5.74, 6) is 2.54. The second-order valence-corrected chi connectivity index (χ2v) is 7.55. The van der Waals surface area contributed by atoms with Crippen molar-refractivity contribution in [2.24, 2.45) is 4.99 Å². The van der Waals surface area contributed by atoms with Gasteiger partial charge in [0.2, 0.25) is 0 Å². The molecule has 2 aliphatic heterocycles. The molecule has 7 nitrogen and oxygen atoms in total. The zero-order chi connectivity index (χ0) is 19.8. The minimum absolute atomic E-state index is 0.374. The van der Waals surface area contributed by atoms with Crippen LogP contribution in [-0.2, 0) is 0 Å². The second-order valence-electron chi connectivity index (χ2n) is 7.55. The lowest BCUT2D eigenvalue weighted by molar-refractivity contribution is 0.232. The van der Waals surface area contributed by atoms with E-state index >= 15 is 0 Å². The summed E-state index contributed by atoms with van der Waals surface area (Å²) in [5, 5.41) is 7.05. The van der Waals surface area contributed by atoms with Crippen molar-refractivity contribution in [1.29, 1.82) is 0 Å². The number of benzene rings is 1. The van der Waals surface area contributed by atoms with Crippen molar-refractivity contribution < 1.29 is 9.47 Å². The molecule has 2 aliphatic rings. The van der Waals surface area contributed by atoms with Gasteiger partial charge in [-0.05, 0) is 32.4 Å². The van der Waals surface area contributed by atoms with Crippen molar-refractivity contribution in [3.05, 3.63) is 18.2 Å². The Bertz CT molecular complexity index is 623. The highest BCUT2D eigenvalue weighted by Crippen LogP contribution is 2.30. The standard InChI is InChI=1S/C21H35N5O2/c1-22-21(23-8-12-25-9-5-4-6-10-25)24-17-7-11-26(16-17)18-13-19(27-2)15-20(14-18)28-3/h13-15,17H,4-12,16H2,1-3H3,(H2,22,23,24). The molecule has 0 aliphatic carbocycles. The lowest BCUT2D eigenvalue weighted by Crippen LogP contribution is -2.47. The summed E-state index contributed by atoms with van der Waals surface area (Å²) in [4.78, 5) is 9.31. The first kappa shape index (κ1) is 20.6. The predicted octanol–water partition coefficient (Wildman–Crippen LogP) is 1.93. The molecule has 0 radical (unpaired) electrons. The fraction of sp³-hybridized carbons (Fsp3) is 0.667. The van der Waals surface area contributed by atoms with Gasteiger partial charge in [-0.25, -0.2) is 0 Å². The zero-order valence-electron chi connectivity index (χ0n) is 17.5. The fourth-order valence-corrected chi connectivity index (χ4v) is 3.99. The van der Waals surface area contributed by atoms with Crippen molar-refractivity contribution in [2.45, 2.75) is 31.7 Å². The molecule has 0 aromatic heterocycles. The molecule has 1 unspecified atom stereocenters. The molecule has 0 bridgehead atoms. The molecule has 1 aromatic rings. The number of guanidine groups is 1. The number of rotatable bonds is 7. The number of piperidine rings is 1. The number of methoxy groups -OCH3 is 2. The Morgan fingerprint density at radius 3 is 2.43 bits per heavy atom. The van der Waals surface area contributed by atoms with Crippen molar-refractivity contribution in [3.8, 4) is 11.5 Å². The molecular formula is C21H35N5O2. The van der Waals surface area contributed by atoms with Crippen LogP contribution in [0.25, 0.3) is 0 Å². The number of ether oxygens (including phenoxy) is 2. The van der Waals surface area contributed by atoms with E-state index in [1.165, 1.54) is 32.4 Å². The van der Waals surface area contributed by atoms with Crippen LogP contribution in [0, 0.1) is 0 Å². The lowest BCUT2D eigenvalue weighted by Gasteiger charge is -2.27. The SMILES string of the molecule is CN=C(NCCN1CCCCC1)NC1CCN(c2cc(OC)cc(OC)c2)C1. The topological polar surface area (TPSA) is 61.4 Å². The average molecular weight is 390 g/mol. The van der Waals surface area contributed by atoms with Gasteiger partial charge in [0.25, 0.3) is 0 Å². The summed E-state index contributed by atoms with van der Waals surface area (Å²) in [6.07, 6.45) is 5.12. The highest BCUT2D eigenvalue weighted by atomic mass is 16.5. The molecule has 1 atom stereocenters. The van der Waals surface area contributed by atoms with Crippen LogP contribution in [0.1, 0.15) is 25.7 Å². The summed E-state index contributed by atoms with van der Waals surface area (Å²) in [7, 11) is 5.22. The van der Waals surface area contributed by atoms with Crippen molar-refractivity contribution in [3.63, 3.8) is 0 Å². The molecule has 1 aromatic carbocycles. The Morgan fingerprint density at radius 2 is 1.79 bits per heavy atom. The molecule has 2 heterocycles. The van der Waals surface area contributed by atoms with E-state index in [1.54, 1.807) is 14.2 Å². The van der Waals surface area contributed by atoms with Crippen LogP contribution < -0.4 is 25.0 Å². The molecular weight excluding hydrogens is 354 g/mol. The van der Waals surface area contributed by atoms with E-state index in [-0.39, 0.29) is 0 Å². The van der Waals surface area contributed by atoms with Gasteiger partial charge in [0.15, 0.2) is 5.96 Å². The minimum Gasteiger partial charge on any atom is -0.497 e. The summed E-state index contributed by atoms with van der Waals surface area (Å²) < 4.78 is 10.8. The Hall–Kier alpha value is -2.15. The Kier molecular flexibility index (Phi) is 7.65. The van der Waals surface area contributed by atoms with Crippen molar-refractivity contribution >= 4 is 11.6 Å². The van der Waals surface area contributed by atoms with E-state index in [4.69, 9.17) is 9.47 Å². The summed E-state index contributed by atoms with van der Waals surface area (Å²) >= 11 is 0. The normalized spacial score (nSPS) is 20.9. The largest absolute Gasteiger partial charge is 0.497 e. The number of hydrogen-bond acceptors (Lipinski definition) is 5. The van der Waals surface area contributed by atoms with Crippen LogP contribution in [0.3, 0.4) is 0 Å². The average Bonchev–Trinajstić information content (AvgIpc) is 3.22. The first-order valence-corrected chi connectivity index (χ1v) is 10.4. The van der Waals surface area contributed by atoms with E-state index in [0.717, 1.165) is 55.7 Å². The summed E-state index contributed by atoms with van der Waals surface area (Å²) in [6, 6.07) is 6.41. The first-order chi connectivity index (χ1) is 13.7. The quantitative estimate of drug-likeness (QED) is 0.549. The number of nitrogens with one attached hydrogen (secondary N) is 2. The van der Waals surface area contributed by atoms with Gasteiger partial charge in [0.05, 0.1) is 14.2 Å². The molecule has 3 rings (SSSR count). The number of likely N-dealkylation sites (tertiary alicyclic amines) is 1. The first-order valence-electron chi connectivity index (χ1n) is 10.4. The molecule has 28 heavy (non-hydrogen) atoms. The maximum atomic E-state index is 5.40. The van der Waals surface area contributed by atoms with Crippen LogP contribution in [0.4, 0.5) is 5.69 Å². The molecule has 0 saturated carbocycles. The molecule has 0 spiro atoms. The maximum absolute atomic E-state index is 5.40. The van der Waals surface area contributed by atoms with Gasteiger partial charge in [-0.3, -0.25) is 4.99 Å². The van der Waals surface area contributed by atoms with Crippen molar-refractivity contribution in [1.82, 2.24) is 15.5 Å². The highest BCUT2D eigenvalue weighted by molar-refractivity contribution is 5.80. The van der Waals surface area contributed by atoms with Gasteiger partial charge in [-0.1, -0.05) is 6.42 Å². The van der Waals surface area contributed by atoms with Gasteiger partial charge in [-0.2, -0.15) is 0 Å². The molecule has 156 valence electrons. The maximum Gasteiger partial charge on any atom is 0.191 e. The Morgan fingerprint density at radius 1 is 1.07 bits per heavy atom. The van der Waals surface area contributed by atoms with Crippen LogP contribution in [0.2, 0.25) is 0 Å². The van der Waals surface area contributed by atoms with Crippen molar-refractivity contribution in [2.75, 3.05) is 65.4 Å². The smallest absolute Gasteiger partial charge is 0.191 e. The lowest BCUT2D eigenvalue weighted by atomic mass is 10.1. The van der Waals surface area contributed by atoms with Gasteiger partial charge in [0.1, 0.15) is 11.5 Å². The van der Waals surface area contributed by atoms with Gasteiger partial charge >= 0.3 is 0 Å². The number of hydrogen-bond donors (Lipinski definition) is 2. The van der Waals surface area contributed by atoms with E-state index < -0.39 is 0 Å². The fourth-order valence-electron chi connectivity index (χ4n) is 3.99. The predicted molar refractivity (Wildman–Crippen MR) is 115 cm³/mol. The third kappa shape index (κ3) is 5.67. The number of nitrogens with zero attached hydrogens (tertiary/aromatic N) is 3. The molecule has 2 saturated heterocycles. The highest BCUT2D eigenvalue weighted by Gasteiger charge is 2.24. The van der Waals surface area contributed by atoms with Crippen LogP contribution in [-0.4, -0.2) is 77.4 Å². The van der Waals surface area contributed by atoms with Gasteiger partial charge in [-0.15, -0.1) is 0 Å². The molecule has 2 fully saturated rings.